The molecule has 4 aromatic heterocycles. The van der Waals surface area contributed by atoms with E-state index in [1.165, 1.54) is 27.3 Å². The van der Waals surface area contributed by atoms with Gasteiger partial charge in [0.1, 0.15) is 22.2 Å². The largest absolute Gasteiger partial charge is 0.454 e. The number of anilines is 6. The van der Waals surface area contributed by atoms with Crippen LogP contribution in [0.25, 0.3) is 177 Å². The highest BCUT2D eigenvalue weighted by atomic mass is 16.4. The van der Waals surface area contributed by atoms with Gasteiger partial charge in [-0.2, -0.15) is 0 Å². The fraction of sp³-hybridized carbons (Fsp3) is 0. The Hall–Kier alpha value is -14.3. The Bertz CT molecular complexity index is 6980. The summed E-state index contributed by atoms with van der Waals surface area (Å²) in [6, 6.07) is 129. The zero-order valence-electron chi connectivity index (χ0n) is 57.1. The molecular weight excluding hydrogens is 1300 g/mol. The number of benzene rings is 17. The van der Waals surface area contributed by atoms with Crippen LogP contribution in [0.5, 0.6) is 0 Å². The molecule has 0 fully saturated rings. The number of oxazole rings is 2. The maximum absolute atomic E-state index is 7.02. The van der Waals surface area contributed by atoms with Crippen molar-refractivity contribution in [2.75, 3.05) is 9.80 Å². The smallest absolute Gasteiger partial charge is 0.227 e. The second-order valence-electron chi connectivity index (χ2n) is 27.2. The monoisotopic (exact) mass is 1360 g/mol. The van der Waals surface area contributed by atoms with E-state index in [0.717, 1.165) is 161 Å². The van der Waals surface area contributed by atoms with Crippen molar-refractivity contribution in [3.63, 3.8) is 0 Å². The molecule has 0 unspecified atom stereocenters. The van der Waals surface area contributed by atoms with E-state index in [9.17, 15) is 0 Å². The van der Waals surface area contributed by atoms with E-state index in [4.69, 9.17) is 27.6 Å². The van der Waals surface area contributed by atoms with E-state index in [-0.39, 0.29) is 0 Å². The van der Waals surface area contributed by atoms with Gasteiger partial charge in [0.05, 0.1) is 11.4 Å². The van der Waals surface area contributed by atoms with Crippen molar-refractivity contribution in [2.24, 2.45) is 0 Å². The predicted octanol–water partition coefficient (Wildman–Crippen LogP) is 27.8. The second-order valence-corrected chi connectivity index (χ2v) is 27.2. The predicted molar refractivity (Wildman–Crippen MR) is 436 cm³/mol. The SMILES string of the molecule is c1ccc(-c2ccc(N(c3cc(-c4ccccc4)c4ccccc4c3)c3cccc4c3oc3cc5nc(-c6ccc(-c7ccc8cc(-c9ccc(N(c%10ccc(-c%11cccc%12ccccc%11%12)cc%10)c%10cccc%11c%10oc%10cc%12nc(-c%13ccccc%13)oc%12cc%10%11)cc9)ccc8c7)cc6)oc5cc34)cc2)cc1. The molecule has 0 saturated heterocycles. The average molecular weight is 1360 g/mol. The molecule has 8 heteroatoms. The number of hydrogen-bond acceptors (Lipinski definition) is 8. The van der Waals surface area contributed by atoms with Gasteiger partial charge in [-0.25, -0.2) is 9.97 Å². The van der Waals surface area contributed by atoms with Gasteiger partial charge in [-0.05, 0) is 197 Å². The van der Waals surface area contributed by atoms with Gasteiger partial charge < -0.3 is 27.5 Å². The highest BCUT2D eigenvalue weighted by Gasteiger charge is 2.25. The second kappa shape index (κ2) is 24.7. The normalized spacial score (nSPS) is 11.8. The van der Waals surface area contributed by atoms with Crippen LogP contribution in [0.4, 0.5) is 34.1 Å². The van der Waals surface area contributed by atoms with Crippen LogP contribution in [0.2, 0.25) is 0 Å². The van der Waals surface area contributed by atoms with Crippen LogP contribution >= 0.6 is 0 Å². The molecule has 0 aliphatic rings. The lowest BCUT2D eigenvalue weighted by Crippen LogP contribution is -2.10. The van der Waals surface area contributed by atoms with Gasteiger partial charge in [-0.15, -0.1) is 0 Å². The van der Waals surface area contributed by atoms with Crippen molar-refractivity contribution in [3.05, 3.63) is 364 Å². The number of nitrogens with zero attached hydrogens (tertiary/aromatic N) is 4. The summed E-state index contributed by atoms with van der Waals surface area (Å²) in [7, 11) is 0. The number of hydrogen-bond donors (Lipinski definition) is 0. The summed E-state index contributed by atoms with van der Waals surface area (Å²) in [5, 5.41) is 11.0. The van der Waals surface area contributed by atoms with Gasteiger partial charge >= 0.3 is 0 Å². The molecule has 0 aliphatic carbocycles. The van der Waals surface area contributed by atoms with Gasteiger partial charge in [0.15, 0.2) is 22.3 Å². The van der Waals surface area contributed by atoms with Crippen molar-refractivity contribution in [1.82, 2.24) is 9.97 Å². The summed E-state index contributed by atoms with van der Waals surface area (Å²) >= 11 is 0. The highest BCUT2D eigenvalue weighted by Crippen LogP contribution is 2.48. The van der Waals surface area contributed by atoms with Crippen LogP contribution < -0.4 is 9.80 Å². The molecule has 4 heterocycles. The molecule has 0 aliphatic heterocycles. The summed E-state index contributed by atoms with van der Waals surface area (Å²) in [5.41, 5.74) is 24.9. The van der Waals surface area contributed by atoms with Gasteiger partial charge in [-0.1, -0.05) is 243 Å². The zero-order valence-corrected chi connectivity index (χ0v) is 57.1. The van der Waals surface area contributed by atoms with Gasteiger partial charge in [0, 0.05) is 67.6 Å². The molecule has 0 spiro atoms. The van der Waals surface area contributed by atoms with Crippen LogP contribution in [-0.2, 0) is 0 Å². The Morgan fingerprint density at radius 1 is 0.198 bits per heavy atom. The van der Waals surface area contributed by atoms with Crippen LogP contribution in [0, 0.1) is 0 Å². The molecule has 0 atom stereocenters. The average Bonchev–Trinajstić information content (AvgIpc) is 1.60. The molecule has 0 saturated carbocycles. The Morgan fingerprint density at radius 2 is 0.575 bits per heavy atom. The minimum atomic E-state index is 0.545. The number of rotatable bonds is 13. The van der Waals surface area contributed by atoms with Crippen molar-refractivity contribution < 1.29 is 17.7 Å². The van der Waals surface area contributed by atoms with Crippen LogP contribution in [0.15, 0.2) is 382 Å². The van der Waals surface area contributed by atoms with Crippen LogP contribution in [0.3, 0.4) is 0 Å². The lowest BCUT2D eigenvalue weighted by Gasteiger charge is -2.27. The number of fused-ring (bicyclic) bond motifs is 11. The third kappa shape index (κ3) is 10.5. The standard InChI is InChI=1S/C98H60N4O4/c1-4-17-61(18-5-1)62-41-47-77(48-42-62)102(78-55-74-24-11-13-27-81(74)84(56-78)66-19-6-2-7-20-66)90-32-16-30-83-86-58-94-88(60-92(86)104-96(83)90)100-98(106-94)69-35-33-63(34-36-69)70-37-39-73-54-71(38-40-72(73)53-70)64-43-49-75(50-44-64)101(76-51-45-67(46-52-76)80-28-14-25-65-21-10-12-26-79(65)80)89-31-15-29-82-85-57-93-87(59-91(85)103-95(82)89)99-97(105-93)68-22-8-3-9-23-68/h1-60H. The van der Waals surface area contributed by atoms with Crippen molar-refractivity contribution in [3.8, 4) is 78.5 Å². The molecule has 21 aromatic rings. The minimum absolute atomic E-state index is 0.545. The van der Waals surface area contributed by atoms with Gasteiger partial charge in [0.2, 0.25) is 11.8 Å². The van der Waals surface area contributed by atoms with E-state index in [1.54, 1.807) is 0 Å². The molecule has 0 N–H and O–H groups in total. The van der Waals surface area contributed by atoms with E-state index in [0.29, 0.717) is 22.9 Å². The maximum Gasteiger partial charge on any atom is 0.227 e. The summed E-state index contributed by atoms with van der Waals surface area (Å²) in [6.45, 7) is 0. The van der Waals surface area contributed by atoms with Crippen molar-refractivity contribution in [2.45, 2.75) is 0 Å². The summed E-state index contributed by atoms with van der Waals surface area (Å²) in [4.78, 5) is 14.6. The van der Waals surface area contributed by atoms with Crippen molar-refractivity contribution >= 4 is 133 Å². The third-order valence-corrected chi connectivity index (χ3v) is 20.9. The third-order valence-electron chi connectivity index (χ3n) is 20.9. The van der Waals surface area contributed by atoms with E-state index >= 15 is 0 Å². The lowest BCUT2D eigenvalue weighted by molar-refractivity contribution is 0.619. The topological polar surface area (TPSA) is 84.8 Å². The molecule has 106 heavy (non-hydrogen) atoms. The first-order valence-electron chi connectivity index (χ1n) is 35.7. The van der Waals surface area contributed by atoms with Crippen LogP contribution in [0.1, 0.15) is 0 Å². The van der Waals surface area contributed by atoms with E-state index in [2.05, 4.69) is 331 Å². The van der Waals surface area contributed by atoms with E-state index < -0.39 is 0 Å². The first kappa shape index (κ1) is 60.4. The zero-order chi connectivity index (χ0) is 69.8. The van der Waals surface area contributed by atoms with Gasteiger partial charge in [-0.3, -0.25) is 0 Å². The molecule has 0 bridgehead atoms. The molecule has 17 aromatic carbocycles. The summed E-state index contributed by atoms with van der Waals surface area (Å²) in [6.07, 6.45) is 0. The lowest BCUT2D eigenvalue weighted by atomic mass is 9.96. The maximum atomic E-state index is 7.02. The van der Waals surface area contributed by atoms with Crippen molar-refractivity contribution in [1.29, 1.82) is 0 Å². The number of aromatic nitrogens is 2. The molecule has 0 radical (unpaired) electrons. The Labute approximate surface area is 608 Å². The Balaban J connectivity index is 0.570. The molecule has 8 nitrogen and oxygen atoms in total. The Kier molecular flexibility index (Phi) is 14.1. The van der Waals surface area contributed by atoms with Crippen LogP contribution in [-0.4, -0.2) is 9.97 Å². The number of furan rings is 2. The Morgan fingerprint density at radius 3 is 1.12 bits per heavy atom. The highest BCUT2D eigenvalue weighted by molar-refractivity contribution is 6.15. The first-order valence-corrected chi connectivity index (χ1v) is 35.7. The number of para-hydroxylation sites is 2. The fourth-order valence-electron chi connectivity index (χ4n) is 15.6. The fourth-order valence-corrected chi connectivity index (χ4v) is 15.6. The van der Waals surface area contributed by atoms with E-state index in [1.807, 2.05) is 42.5 Å². The molecule has 21 rings (SSSR count). The molecular formula is C98H60N4O4. The molecule has 0 amide bonds. The first-order chi connectivity index (χ1) is 52.5. The molecule has 496 valence electrons. The quantitative estimate of drug-likeness (QED) is 0.113. The van der Waals surface area contributed by atoms with Gasteiger partial charge in [0.25, 0.3) is 0 Å². The summed E-state index contributed by atoms with van der Waals surface area (Å²) < 4.78 is 27.0. The minimum Gasteiger partial charge on any atom is -0.454 e. The summed E-state index contributed by atoms with van der Waals surface area (Å²) in [5.74, 6) is 1.12.